The predicted octanol–water partition coefficient (Wildman–Crippen LogP) is 2.10. The van der Waals surface area contributed by atoms with Crippen LogP contribution in [0.4, 0.5) is 11.4 Å². The molecule has 1 atom stereocenters. The molecule has 2 heterocycles. The molecule has 0 unspecified atom stereocenters. The molecule has 1 fully saturated rings. The van der Waals surface area contributed by atoms with Crippen LogP contribution in [-0.4, -0.2) is 57.5 Å². The van der Waals surface area contributed by atoms with Gasteiger partial charge in [0.2, 0.25) is 15.9 Å². The van der Waals surface area contributed by atoms with Crippen LogP contribution in [0.1, 0.15) is 12.5 Å². The van der Waals surface area contributed by atoms with Gasteiger partial charge in [-0.05, 0) is 43.2 Å². The van der Waals surface area contributed by atoms with Gasteiger partial charge in [0.15, 0.2) is 0 Å². The van der Waals surface area contributed by atoms with Crippen LogP contribution in [0.3, 0.4) is 0 Å². The number of benzene rings is 2. The molecule has 2 aliphatic rings. The van der Waals surface area contributed by atoms with Crippen molar-refractivity contribution >= 4 is 27.3 Å². The molecule has 0 saturated carbocycles. The second kappa shape index (κ2) is 8.14. The van der Waals surface area contributed by atoms with Crippen molar-refractivity contribution in [3.63, 3.8) is 0 Å². The number of ether oxygens (including phenoxy) is 1. The highest BCUT2D eigenvalue weighted by Crippen LogP contribution is 2.31. The Bertz CT molecular complexity index is 1000. The number of anilines is 2. The molecule has 1 amide bonds. The summed E-state index contributed by atoms with van der Waals surface area (Å²) < 4.78 is 32.3. The van der Waals surface area contributed by atoms with Crippen molar-refractivity contribution < 1.29 is 17.9 Å². The van der Waals surface area contributed by atoms with Crippen molar-refractivity contribution in [3.05, 3.63) is 54.1 Å². The van der Waals surface area contributed by atoms with E-state index in [4.69, 9.17) is 4.74 Å². The van der Waals surface area contributed by atoms with E-state index in [2.05, 4.69) is 23.2 Å². The Morgan fingerprint density at radius 2 is 1.90 bits per heavy atom. The molecule has 7 nitrogen and oxygen atoms in total. The van der Waals surface area contributed by atoms with E-state index in [0.29, 0.717) is 32.0 Å². The van der Waals surface area contributed by atoms with Crippen molar-refractivity contribution in [3.8, 4) is 0 Å². The number of nitrogens with zero attached hydrogens (tertiary/aromatic N) is 2. The fourth-order valence-electron chi connectivity index (χ4n) is 3.90. The van der Waals surface area contributed by atoms with Crippen molar-refractivity contribution in [1.29, 1.82) is 0 Å². The zero-order valence-corrected chi connectivity index (χ0v) is 17.2. The number of amides is 1. The molecule has 1 N–H and O–H groups in total. The maximum Gasteiger partial charge on any atom is 0.243 e. The van der Waals surface area contributed by atoms with Gasteiger partial charge in [0.05, 0.1) is 24.7 Å². The van der Waals surface area contributed by atoms with Gasteiger partial charge in [0, 0.05) is 30.5 Å². The Balaban J connectivity index is 1.46. The molecular weight excluding hydrogens is 390 g/mol. The highest BCUT2D eigenvalue weighted by Gasteiger charge is 2.28. The molecule has 2 aromatic rings. The third kappa shape index (κ3) is 4.14. The smallest absolute Gasteiger partial charge is 0.243 e. The number of sulfonamides is 1. The molecule has 0 aromatic heterocycles. The maximum atomic E-state index is 12.8. The van der Waals surface area contributed by atoms with Crippen molar-refractivity contribution in [2.45, 2.75) is 24.3 Å². The van der Waals surface area contributed by atoms with Crippen molar-refractivity contribution in [1.82, 2.24) is 4.31 Å². The maximum absolute atomic E-state index is 12.8. The van der Waals surface area contributed by atoms with Gasteiger partial charge in [-0.15, -0.1) is 0 Å². The second-order valence-electron chi connectivity index (χ2n) is 7.40. The topological polar surface area (TPSA) is 79.0 Å². The number of fused-ring (bicyclic) bond motifs is 1. The molecular formula is C21H25N3O4S. The van der Waals surface area contributed by atoms with E-state index in [1.54, 1.807) is 18.2 Å². The van der Waals surface area contributed by atoms with Crippen molar-refractivity contribution in [2.24, 2.45) is 0 Å². The lowest BCUT2D eigenvalue weighted by atomic mass is 10.1. The first kappa shape index (κ1) is 19.9. The number of hydrogen-bond donors (Lipinski definition) is 1. The SMILES string of the molecule is C[C@@H]1Cc2ccccc2N1CC(=O)Nc1cccc(S(=O)(=O)N2CCOCC2)c1. The van der Waals surface area contributed by atoms with E-state index >= 15 is 0 Å². The number of rotatable bonds is 5. The molecule has 0 spiro atoms. The summed E-state index contributed by atoms with van der Waals surface area (Å²) in [5.74, 6) is -0.172. The normalized spacial score (nSPS) is 19.8. The number of para-hydroxylation sites is 1. The summed E-state index contributed by atoms with van der Waals surface area (Å²) in [4.78, 5) is 14.9. The molecule has 4 rings (SSSR count). The van der Waals surface area contributed by atoms with Gasteiger partial charge < -0.3 is 15.0 Å². The first-order valence-corrected chi connectivity index (χ1v) is 11.2. The zero-order chi connectivity index (χ0) is 20.4. The minimum absolute atomic E-state index is 0.172. The molecule has 2 aromatic carbocycles. The Morgan fingerprint density at radius 3 is 2.69 bits per heavy atom. The van der Waals surface area contributed by atoms with E-state index in [0.717, 1.165) is 12.1 Å². The lowest BCUT2D eigenvalue weighted by molar-refractivity contribution is -0.115. The number of morpholine rings is 1. The quantitative estimate of drug-likeness (QED) is 0.809. The third-order valence-electron chi connectivity index (χ3n) is 5.39. The van der Waals surface area contributed by atoms with Crippen LogP contribution in [0.25, 0.3) is 0 Å². The summed E-state index contributed by atoms with van der Waals surface area (Å²) in [6.07, 6.45) is 0.913. The van der Waals surface area contributed by atoms with Gasteiger partial charge in [-0.2, -0.15) is 4.31 Å². The van der Waals surface area contributed by atoms with Gasteiger partial charge in [-0.25, -0.2) is 8.42 Å². The molecule has 0 radical (unpaired) electrons. The average molecular weight is 416 g/mol. The van der Waals surface area contributed by atoms with E-state index in [1.807, 2.05) is 18.2 Å². The summed E-state index contributed by atoms with van der Waals surface area (Å²) in [5.41, 5.74) is 2.80. The van der Waals surface area contributed by atoms with E-state index in [9.17, 15) is 13.2 Å². The van der Waals surface area contributed by atoms with E-state index in [-0.39, 0.29) is 23.4 Å². The number of carbonyl (C=O) groups is 1. The highest BCUT2D eigenvalue weighted by molar-refractivity contribution is 7.89. The van der Waals surface area contributed by atoms with Gasteiger partial charge >= 0.3 is 0 Å². The van der Waals surface area contributed by atoms with Crippen molar-refractivity contribution in [2.75, 3.05) is 43.1 Å². The predicted molar refractivity (Wildman–Crippen MR) is 112 cm³/mol. The van der Waals surface area contributed by atoms with Crippen LogP contribution in [0, 0.1) is 0 Å². The lowest BCUT2D eigenvalue weighted by Crippen LogP contribution is -2.40. The molecule has 0 bridgehead atoms. The molecule has 154 valence electrons. The third-order valence-corrected chi connectivity index (χ3v) is 7.28. The van der Waals surface area contributed by atoms with Gasteiger partial charge in [0.1, 0.15) is 0 Å². The van der Waals surface area contributed by atoms with Gasteiger partial charge in [-0.1, -0.05) is 24.3 Å². The average Bonchev–Trinajstić information content (AvgIpc) is 3.04. The van der Waals surface area contributed by atoms with Crippen LogP contribution in [0.15, 0.2) is 53.4 Å². The standard InChI is InChI=1S/C21H25N3O4S/c1-16-13-17-5-2-3-8-20(17)24(16)15-21(25)22-18-6-4-7-19(14-18)29(26,27)23-9-11-28-12-10-23/h2-8,14,16H,9-13,15H2,1H3,(H,22,25)/t16-/m1/s1. The van der Waals surface area contributed by atoms with Crippen LogP contribution in [-0.2, 0) is 26.0 Å². The molecule has 1 saturated heterocycles. The summed E-state index contributed by atoms with van der Waals surface area (Å²) in [5, 5.41) is 2.85. The van der Waals surface area contributed by atoms with Crippen LogP contribution < -0.4 is 10.2 Å². The minimum atomic E-state index is -3.60. The molecule has 29 heavy (non-hydrogen) atoms. The van der Waals surface area contributed by atoms with E-state index < -0.39 is 10.0 Å². The van der Waals surface area contributed by atoms with Crippen LogP contribution in [0.2, 0.25) is 0 Å². The van der Waals surface area contributed by atoms with Gasteiger partial charge in [-0.3, -0.25) is 4.79 Å². The first-order valence-electron chi connectivity index (χ1n) is 9.77. The van der Waals surface area contributed by atoms with E-state index in [1.165, 1.54) is 15.9 Å². The van der Waals surface area contributed by atoms with Gasteiger partial charge in [0.25, 0.3) is 0 Å². The monoisotopic (exact) mass is 415 g/mol. The summed E-state index contributed by atoms with van der Waals surface area (Å²) in [6, 6.07) is 14.8. The lowest BCUT2D eigenvalue weighted by Gasteiger charge is -2.26. The van der Waals surface area contributed by atoms with Crippen LogP contribution >= 0.6 is 0 Å². The minimum Gasteiger partial charge on any atom is -0.379 e. The Hall–Kier alpha value is -2.42. The molecule has 8 heteroatoms. The van der Waals surface area contributed by atoms with Crippen LogP contribution in [0.5, 0.6) is 0 Å². The Labute approximate surface area is 171 Å². The number of carbonyl (C=O) groups excluding carboxylic acids is 1. The fourth-order valence-corrected chi connectivity index (χ4v) is 5.35. The molecule has 0 aliphatic carbocycles. The second-order valence-corrected chi connectivity index (χ2v) is 9.34. The fraction of sp³-hybridized carbons (Fsp3) is 0.381. The first-order chi connectivity index (χ1) is 13.9. The summed E-state index contributed by atoms with van der Waals surface area (Å²) in [7, 11) is -3.60. The summed E-state index contributed by atoms with van der Waals surface area (Å²) in [6.45, 7) is 3.79. The summed E-state index contributed by atoms with van der Waals surface area (Å²) >= 11 is 0. The highest BCUT2D eigenvalue weighted by atomic mass is 32.2. The Morgan fingerprint density at radius 1 is 1.14 bits per heavy atom. The number of hydrogen-bond acceptors (Lipinski definition) is 5. The molecule has 2 aliphatic heterocycles. The number of nitrogens with one attached hydrogen (secondary N) is 1. The Kier molecular flexibility index (Phi) is 5.58. The largest absolute Gasteiger partial charge is 0.379 e. The zero-order valence-electron chi connectivity index (χ0n) is 16.4.